The van der Waals surface area contributed by atoms with Gasteiger partial charge in [0.25, 0.3) is 0 Å². The van der Waals surface area contributed by atoms with Crippen molar-refractivity contribution < 1.29 is 5.11 Å². The maximum Gasteiger partial charge on any atom is 0.148 e. The Hall–Kier alpha value is -2.70. The molecule has 4 aliphatic rings. The highest BCUT2D eigenvalue weighted by Gasteiger charge is 2.52. The normalized spacial score (nSPS) is 26.6. The van der Waals surface area contributed by atoms with Crippen molar-refractivity contribution in [3.63, 3.8) is 0 Å². The van der Waals surface area contributed by atoms with E-state index >= 15 is 0 Å². The Kier molecular flexibility index (Phi) is 6.74. The zero-order chi connectivity index (χ0) is 27.3. The highest BCUT2D eigenvalue weighted by atomic mass is 35.5. The molecule has 2 N–H and O–H groups in total. The van der Waals surface area contributed by atoms with E-state index in [1.807, 2.05) is 71.4 Å². The number of aliphatic hydroxyl groups is 1. The SMILES string of the molecule is OC(CNC12CC3CC(CC(C3)C1)C2)(c1ccc(Cl)cc1)c1nnn(Cc2ccccc2)c1-c1ccc(Cl)cc1. The van der Waals surface area contributed by atoms with Gasteiger partial charge in [-0.15, -0.1) is 5.10 Å². The van der Waals surface area contributed by atoms with Crippen LogP contribution in [0, 0.1) is 17.8 Å². The molecule has 1 unspecified atom stereocenters. The molecule has 8 rings (SSSR count). The van der Waals surface area contributed by atoms with Crippen LogP contribution in [0.3, 0.4) is 0 Å². The van der Waals surface area contributed by atoms with E-state index < -0.39 is 5.60 Å². The Labute approximate surface area is 245 Å². The van der Waals surface area contributed by atoms with Gasteiger partial charge in [0, 0.05) is 27.7 Å². The molecule has 4 aromatic rings. The molecular formula is C33H34Cl2N4O. The molecule has 40 heavy (non-hydrogen) atoms. The summed E-state index contributed by atoms with van der Waals surface area (Å²) in [5.41, 5.74) is 2.73. The van der Waals surface area contributed by atoms with Gasteiger partial charge >= 0.3 is 0 Å². The third-order valence-electron chi connectivity index (χ3n) is 9.50. The Bertz CT molecular complexity index is 1450. The van der Waals surface area contributed by atoms with Crippen LogP contribution in [-0.2, 0) is 12.1 Å². The van der Waals surface area contributed by atoms with Crippen LogP contribution in [0.5, 0.6) is 0 Å². The van der Waals surface area contributed by atoms with Gasteiger partial charge in [-0.2, -0.15) is 0 Å². The highest BCUT2D eigenvalue weighted by Crippen LogP contribution is 2.56. The van der Waals surface area contributed by atoms with Crippen molar-refractivity contribution in [1.82, 2.24) is 20.3 Å². The van der Waals surface area contributed by atoms with Crippen molar-refractivity contribution in [3.8, 4) is 11.3 Å². The Morgan fingerprint density at radius 3 is 2.00 bits per heavy atom. The lowest BCUT2D eigenvalue weighted by atomic mass is 9.53. The minimum atomic E-state index is -1.42. The Morgan fingerprint density at radius 1 is 0.825 bits per heavy atom. The number of hydrogen-bond donors (Lipinski definition) is 2. The Morgan fingerprint density at radius 2 is 1.40 bits per heavy atom. The molecule has 0 amide bonds. The predicted octanol–water partition coefficient (Wildman–Crippen LogP) is 7.09. The molecular weight excluding hydrogens is 539 g/mol. The van der Waals surface area contributed by atoms with Gasteiger partial charge in [-0.05, 0) is 91.7 Å². The van der Waals surface area contributed by atoms with Crippen LogP contribution in [-0.4, -0.2) is 32.2 Å². The summed E-state index contributed by atoms with van der Waals surface area (Å²) in [6, 6.07) is 25.4. The van der Waals surface area contributed by atoms with Crippen LogP contribution in [0.15, 0.2) is 78.9 Å². The summed E-state index contributed by atoms with van der Waals surface area (Å²) in [6.45, 7) is 0.885. The van der Waals surface area contributed by atoms with Crippen molar-refractivity contribution in [1.29, 1.82) is 0 Å². The van der Waals surface area contributed by atoms with Gasteiger partial charge in [-0.3, -0.25) is 0 Å². The fraction of sp³-hybridized carbons (Fsp3) is 0.394. The van der Waals surface area contributed by atoms with Gasteiger partial charge in [-0.1, -0.05) is 83.0 Å². The van der Waals surface area contributed by atoms with Crippen LogP contribution >= 0.6 is 23.2 Å². The van der Waals surface area contributed by atoms with Crippen LogP contribution in [0.25, 0.3) is 11.3 Å². The van der Waals surface area contributed by atoms with E-state index in [4.69, 9.17) is 28.3 Å². The number of aromatic nitrogens is 3. The molecule has 4 fully saturated rings. The fourth-order valence-electron chi connectivity index (χ4n) is 8.04. The van der Waals surface area contributed by atoms with Gasteiger partial charge < -0.3 is 10.4 Å². The summed E-state index contributed by atoms with van der Waals surface area (Å²) in [4.78, 5) is 0. The molecule has 0 radical (unpaired) electrons. The summed E-state index contributed by atoms with van der Waals surface area (Å²) >= 11 is 12.6. The van der Waals surface area contributed by atoms with Crippen LogP contribution < -0.4 is 5.32 Å². The maximum absolute atomic E-state index is 12.8. The lowest BCUT2D eigenvalue weighted by Crippen LogP contribution is -2.60. The number of rotatable bonds is 8. The lowest BCUT2D eigenvalue weighted by Gasteiger charge is -2.57. The first-order valence-corrected chi connectivity index (χ1v) is 15.1. The number of β-amino-alcohol motifs (C(OH)–C–C–N with tert-alkyl or cyclic N) is 1. The van der Waals surface area contributed by atoms with Crippen molar-refractivity contribution >= 4 is 23.2 Å². The topological polar surface area (TPSA) is 63.0 Å². The summed E-state index contributed by atoms with van der Waals surface area (Å²) in [7, 11) is 0. The zero-order valence-electron chi connectivity index (χ0n) is 22.4. The highest BCUT2D eigenvalue weighted by molar-refractivity contribution is 6.30. The van der Waals surface area contributed by atoms with E-state index in [1.54, 1.807) is 0 Å². The van der Waals surface area contributed by atoms with Gasteiger partial charge in [0.2, 0.25) is 0 Å². The molecule has 206 valence electrons. The van der Waals surface area contributed by atoms with E-state index in [0.29, 0.717) is 28.8 Å². The maximum atomic E-state index is 12.8. The van der Waals surface area contributed by atoms with E-state index in [2.05, 4.69) is 22.7 Å². The van der Waals surface area contributed by atoms with E-state index in [-0.39, 0.29) is 5.54 Å². The third-order valence-corrected chi connectivity index (χ3v) is 10.0. The smallest absolute Gasteiger partial charge is 0.148 e. The van der Waals surface area contributed by atoms with Gasteiger partial charge in [0.1, 0.15) is 11.3 Å². The third kappa shape index (κ3) is 4.87. The van der Waals surface area contributed by atoms with Crippen molar-refractivity contribution in [2.75, 3.05) is 6.54 Å². The minimum Gasteiger partial charge on any atom is -0.377 e. The van der Waals surface area contributed by atoms with Gasteiger partial charge in [0.05, 0.1) is 12.2 Å². The second-order valence-corrected chi connectivity index (χ2v) is 13.2. The second kappa shape index (κ2) is 10.3. The first-order chi connectivity index (χ1) is 19.4. The largest absolute Gasteiger partial charge is 0.377 e. The number of benzene rings is 3. The molecule has 5 nitrogen and oxygen atoms in total. The van der Waals surface area contributed by atoms with E-state index in [1.165, 1.54) is 38.5 Å². The summed E-state index contributed by atoms with van der Waals surface area (Å²) in [5.74, 6) is 2.41. The van der Waals surface area contributed by atoms with Crippen molar-refractivity contribution in [3.05, 3.63) is 106 Å². The quantitative estimate of drug-likeness (QED) is 0.236. The standard InChI is InChI=1S/C33H34Cl2N4O/c34-28-10-6-26(7-11-28)30-31(37-38-39(30)20-22-4-2-1-3-5-22)33(40,27-8-12-29(35)13-9-27)21-36-32-17-23-14-24(18-32)16-25(15-23)19-32/h1-13,23-25,36,40H,14-21H2. The number of nitrogens with one attached hydrogen (secondary N) is 1. The molecule has 1 aromatic heterocycles. The molecule has 1 atom stereocenters. The zero-order valence-corrected chi connectivity index (χ0v) is 24.0. The predicted molar refractivity (Wildman–Crippen MR) is 159 cm³/mol. The molecule has 3 aromatic carbocycles. The fourth-order valence-corrected chi connectivity index (χ4v) is 8.29. The average Bonchev–Trinajstić information content (AvgIpc) is 3.36. The summed E-state index contributed by atoms with van der Waals surface area (Å²) in [5, 5.41) is 27.3. The van der Waals surface area contributed by atoms with Crippen LogP contribution in [0.1, 0.15) is 55.3 Å². The number of hydrogen-bond acceptors (Lipinski definition) is 4. The number of nitrogens with zero attached hydrogens (tertiary/aromatic N) is 3. The Balaban J connectivity index is 1.32. The van der Waals surface area contributed by atoms with Crippen molar-refractivity contribution in [2.24, 2.45) is 17.8 Å². The molecule has 4 saturated carbocycles. The summed E-state index contributed by atoms with van der Waals surface area (Å²) in [6.07, 6.45) is 7.70. The molecule has 0 saturated heterocycles. The lowest BCUT2D eigenvalue weighted by molar-refractivity contribution is -0.0327. The molecule has 4 aliphatic carbocycles. The number of halogens is 2. The van der Waals surface area contributed by atoms with Crippen molar-refractivity contribution in [2.45, 2.75) is 56.2 Å². The first kappa shape index (κ1) is 26.2. The summed E-state index contributed by atoms with van der Waals surface area (Å²) < 4.78 is 1.89. The van der Waals surface area contributed by atoms with E-state index in [9.17, 15) is 5.11 Å². The molecule has 0 aliphatic heterocycles. The van der Waals surface area contributed by atoms with E-state index in [0.717, 1.165) is 40.1 Å². The first-order valence-electron chi connectivity index (χ1n) is 14.4. The average molecular weight is 574 g/mol. The molecule has 7 heteroatoms. The molecule has 4 bridgehead atoms. The molecule has 0 spiro atoms. The van der Waals surface area contributed by atoms with Crippen LogP contribution in [0.4, 0.5) is 0 Å². The second-order valence-electron chi connectivity index (χ2n) is 12.4. The monoisotopic (exact) mass is 572 g/mol. The molecule has 1 heterocycles. The van der Waals surface area contributed by atoms with Gasteiger partial charge in [-0.25, -0.2) is 4.68 Å². The minimum absolute atomic E-state index is 0.0790. The van der Waals surface area contributed by atoms with Gasteiger partial charge in [0.15, 0.2) is 0 Å². The van der Waals surface area contributed by atoms with Crippen LogP contribution in [0.2, 0.25) is 10.0 Å².